The molecule has 0 fully saturated rings. The third-order valence-electron chi connectivity index (χ3n) is 2.88. The molecule has 0 atom stereocenters. The lowest BCUT2D eigenvalue weighted by Gasteiger charge is -2.12. The van der Waals surface area contributed by atoms with Crippen LogP contribution in [0.1, 0.15) is 32.3 Å². The second kappa shape index (κ2) is 10.3. The lowest BCUT2D eigenvalue weighted by atomic mass is 10.1. The molecule has 118 valence electrons. The fourth-order valence-electron chi connectivity index (χ4n) is 1.91. The first-order valence-corrected chi connectivity index (χ1v) is 7.95. The second-order valence-electron chi connectivity index (χ2n) is 4.54. The van der Waals surface area contributed by atoms with Gasteiger partial charge in [-0.15, -0.1) is 11.6 Å². The van der Waals surface area contributed by atoms with Gasteiger partial charge in [-0.1, -0.05) is 6.07 Å². The van der Waals surface area contributed by atoms with Gasteiger partial charge in [-0.3, -0.25) is 4.79 Å². The summed E-state index contributed by atoms with van der Waals surface area (Å²) >= 11 is 5.56. The minimum absolute atomic E-state index is 0.0478. The molecule has 0 heterocycles. The molecule has 1 N–H and O–H groups in total. The van der Waals surface area contributed by atoms with Crippen molar-refractivity contribution in [2.45, 2.75) is 33.1 Å². The van der Waals surface area contributed by atoms with E-state index in [9.17, 15) is 4.79 Å². The molecule has 1 rings (SSSR count). The highest BCUT2D eigenvalue weighted by Gasteiger charge is 2.06. The van der Waals surface area contributed by atoms with Crippen molar-refractivity contribution in [1.29, 1.82) is 0 Å². The van der Waals surface area contributed by atoms with E-state index in [1.165, 1.54) is 0 Å². The number of hydrogen-bond donors (Lipinski definition) is 1. The van der Waals surface area contributed by atoms with E-state index in [0.29, 0.717) is 38.5 Å². The smallest absolute Gasteiger partial charge is 0.220 e. The van der Waals surface area contributed by atoms with Crippen LogP contribution in [-0.2, 0) is 11.2 Å². The maximum Gasteiger partial charge on any atom is 0.220 e. The molecule has 4 nitrogen and oxygen atoms in total. The number of nitrogens with one attached hydrogen (secondary N) is 1. The van der Waals surface area contributed by atoms with Crippen LogP contribution >= 0.6 is 11.6 Å². The van der Waals surface area contributed by atoms with Gasteiger partial charge in [0.25, 0.3) is 0 Å². The average molecular weight is 314 g/mol. The number of alkyl halides is 1. The third kappa shape index (κ3) is 6.71. The van der Waals surface area contributed by atoms with Gasteiger partial charge in [-0.2, -0.15) is 0 Å². The molecule has 0 aliphatic rings. The standard InChI is InChI=1S/C16H24ClNO3/c1-3-20-14-8-7-13(12-15(14)21-4-2)9-11-18-16(19)6-5-10-17/h7-8,12H,3-6,9-11H2,1-2H3,(H,18,19). The fraction of sp³-hybridized carbons (Fsp3) is 0.562. The summed E-state index contributed by atoms with van der Waals surface area (Å²) in [5, 5.41) is 2.89. The highest BCUT2D eigenvalue weighted by Crippen LogP contribution is 2.28. The normalized spacial score (nSPS) is 10.2. The zero-order valence-corrected chi connectivity index (χ0v) is 13.5. The summed E-state index contributed by atoms with van der Waals surface area (Å²) in [5.74, 6) is 2.08. The Morgan fingerprint density at radius 2 is 1.90 bits per heavy atom. The zero-order chi connectivity index (χ0) is 15.5. The Kier molecular flexibility index (Phi) is 8.67. The number of ether oxygens (including phenoxy) is 2. The summed E-state index contributed by atoms with van der Waals surface area (Å²) < 4.78 is 11.1. The number of amides is 1. The number of hydrogen-bond acceptors (Lipinski definition) is 3. The molecule has 0 saturated heterocycles. The Hall–Kier alpha value is -1.42. The summed E-state index contributed by atoms with van der Waals surface area (Å²) in [4.78, 5) is 11.5. The van der Waals surface area contributed by atoms with Crippen molar-refractivity contribution < 1.29 is 14.3 Å². The summed E-state index contributed by atoms with van der Waals surface area (Å²) in [6.07, 6.45) is 1.96. The largest absolute Gasteiger partial charge is 0.490 e. The maximum atomic E-state index is 11.5. The van der Waals surface area contributed by atoms with Crippen molar-refractivity contribution >= 4 is 17.5 Å². The van der Waals surface area contributed by atoms with Gasteiger partial charge in [-0.05, 0) is 44.4 Å². The Morgan fingerprint density at radius 1 is 1.19 bits per heavy atom. The van der Waals surface area contributed by atoms with Gasteiger partial charge in [-0.25, -0.2) is 0 Å². The minimum Gasteiger partial charge on any atom is -0.490 e. The number of rotatable bonds is 10. The van der Waals surface area contributed by atoms with E-state index in [0.717, 1.165) is 23.5 Å². The zero-order valence-electron chi connectivity index (χ0n) is 12.8. The molecule has 1 amide bonds. The molecule has 0 unspecified atom stereocenters. The topological polar surface area (TPSA) is 47.6 Å². The fourth-order valence-corrected chi connectivity index (χ4v) is 2.05. The summed E-state index contributed by atoms with van der Waals surface area (Å²) in [6, 6.07) is 5.89. The molecular weight excluding hydrogens is 290 g/mol. The molecule has 0 aliphatic heterocycles. The van der Waals surface area contributed by atoms with Crippen LogP contribution in [0.2, 0.25) is 0 Å². The van der Waals surface area contributed by atoms with Gasteiger partial charge in [0.2, 0.25) is 5.91 Å². The summed E-state index contributed by atoms with van der Waals surface area (Å²) in [6.45, 7) is 5.70. The maximum absolute atomic E-state index is 11.5. The average Bonchev–Trinajstić information content (AvgIpc) is 2.48. The molecule has 0 saturated carbocycles. The van der Waals surface area contributed by atoms with Crippen LogP contribution in [0, 0.1) is 0 Å². The molecule has 1 aromatic carbocycles. The number of carbonyl (C=O) groups is 1. The Bertz CT molecular complexity index is 438. The van der Waals surface area contributed by atoms with E-state index < -0.39 is 0 Å². The van der Waals surface area contributed by atoms with Gasteiger partial charge in [0.05, 0.1) is 13.2 Å². The summed E-state index contributed by atoms with van der Waals surface area (Å²) in [7, 11) is 0. The van der Waals surface area contributed by atoms with Gasteiger partial charge >= 0.3 is 0 Å². The van der Waals surface area contributed by atoms with Crippen molar-refractivity contribution in [1.82, 2.24) is 5.32 Å². The third-order valence-corrected chi connectivity index (χ3v) is 3.15. The number of benzene rings is 1. The van der Waals surface area contributed by atoms with Crippen molar-refractivity contribution in [3.05, 3.63) is 23.8 Å². The van der Waals surface area contributed by atoms with E-state index in [2.05, 4.69) is 5.32 Å². The lowest BCUT2D eigenvalue weighted by molar-refractivity contribution is -0.121. The Balaban J connectivity index is 2.51. The number of halogens is 1. The Morgan fingerprint density at radius 3 is 2.57 bits per heavy atom. The van der Waals surface area contributed by atoms with E-state index in [4.69, 9.17) is 21.1 Å². The predicted octanol–water partition coefficient (Wildman–Crippen LogP) is 3.16. The molecule has 0 aromatic heterocycles. The quantitative estimate of drug-likeness (QED) is 0.675. The van der Waals surface area contributed by atoms with Gasteiger partial charge in [0, 0.05) is 18.8 Å². The van der Waals surface area contributed by atoms with Crippen molar-refractivity contribution in [3.8, 4) is 11.5 Å². The van der Waals surface area contributed by atoms with Crippen LogP contribution in [-0.4, -0.2) is 31.5 Å². The highest BCUT2D eigenvalue weighted by molar-refractivity contribution is 6.17. The van der Waals surface area contributed by atoms with Crippen LogP contribution in [0.4, 0.5) is 0 Å². The first kappa shape index (κ1) is 17.6. The van der Waals surface area contributed by atoms with Gasteiger partial charge < -0.3 is 14.8 Å². The van der Waals surface area contributed by atoms with E-state index in [1.54, 1.807) is 0 Å². The van der Waals surface area contributed by atoms with Crippen LogP contribution in [0.25, 0.3) is 0 Å². The van der Waals surface area contributed by atoms with Gasteiger partial charge in [0.15, 0.2) is 11.5 Å². The van der Waals surface area contributed by atoms with E-state index >= 15 is 0 Å². The van der Waals surface area contributed by atoms with Crippen LogP contribution in [0.3, 0.4) is 0 Å². The first-order valence-electron chi connectivity index (χ1n) is 7.42. The molecule has 0 spiro atoms. The van der Waals surface area contributed by atoms with Gasteiger partial charge in [0.1, 0.15) is 0 Å². The molecule has 0 radical (unpaired) electrons. The molecule has 21 heavy (non-hydrogen) atoms. The molecule has 0 aliphatic carbocycles. The lowest BCUT2D eigenvalue weighted by Crippen LogP contribution is -2.25. The van der Waals surface area contributed by atoms with E-state index in [-0.39, 0.29) is 5.91 Å². The second-order valence-corrected chi connectivity index (χ2v) is 4.92. The van der Waals surface area contributed by atoms with Crippen LogP contribution in [0.15, 0.2) is 18.2 Å². The van der Waals surface area contributed by atoms with E-state index in [1.807, 2.05) is 32.0 Å². The predicted molar refractivity (Wildman–Crippen MR) is 85.4 cm³/mol. The van der Waals surface area contributed by atoms with Crippen molar-refractivity contribution in [2.75, 3.05) is 25.6 Å². The van der Waals surface area contributed by atoms with Crippen LogP contribution < -0.4 is 14.8 Å². The number of carbonyl (C=O) groups excluding carboxylic acids is 1. The molecule has 5 heteroatoms. The summed E-state index contributed by atoms with van der Waals surface area (Å²) in [5.41, 5.74) is 1.11. The minimum atomic E-state index is 0.0478. The van der Waals surface area contributed by atoms with Crippen LogP contribution in [0.5, 0.6) is 11.5 Å². The molecular formula is C16H24ClNO3. The first-order chi connectivity index (χ1) is 10.2. The monoisotopic (exact) mass is 313 g/mol. The highest BCUT2D eigenvalue weighted by atomic mass is 35.5. The SMILES string of the molecule is CCOc1ccc(CCNC(=O)CCCCl)cc1OCC. The Labute approximate surface area is 131 Å². The van der Waals surface area contributed by atoms with Crippen molar-refractivity contribution in [3.63, 3.8) is 0 Å². The van der Waals surface area contributed by atoms with Crippen molar-refractivity contribution in [2.24, 2.45) is 0 Å². The molecule has 0 bridgehead atoms. The molecule has 1 aromatic rings.